The highest BCUT2D eigenvalue weighted by Gasteiger charge is 2.18. The smallest absolute Gasteiger partial charge is 0.343 e. The van der Waals surface area contributed by atoms with Crippen molar-refractivity contribution in [2.45, 2.75) is 25.9 Å². The zero-order valence-electron chi connectivity index (χ0n) is 13.2. The zero-order valence-corrected chi connectivity index (χ0v) is 13.2. The highest BCUT2D eigenvalue weighted by molar-refractivity contribution is 5.91. The first-order valence-corrected chi connectivity index (χ1v) is 8.03. The lowest BCUT2D eigenvalue weighted by atomic mass is 10.1. The summed E-state index contributed by atoms with van der Waals surface area (Å²) in [4.78, 5) is 12.2. The van der Waals surface area contributed by atoms with Crippen LogP contribution in [0.25, 0.3) is 0 Å². The van der Waals surface area contributed by atoms with Gasteiger partial charge in [0.05, 0.1) is 5.56 Å². The Hall–Kier alpha value is -2.33. The maximum absolute atomic E-state index is 12.2. The number of ether oxygens (including phenoxy) is 2. The van der Waals surface area contributed by atoms with Gasteiger partial charge >= 0.3 is 5.97 Å². The van der Waals surface area contributed by atoms with Crippen molar-refractivity contribution >= 4 is 5.97 Å². The van der Waals surface area contributed by atoms with Crippen molar-refractivity contribution in [1.82, 2.24) is 5.32 Å². The van der Waals surface area contributed by atoms with E-state index in [4.69, 9.17) is 9.47 Å². The van der Waals surface area contributed by atoms with E-state index >= 15 is 0 Å². The molecule has 2 aromatic rings. The summed E-state index contributed by atoms with van der Waals surface area (Å²) in [7, 11) is 0. The van der Waals surface area contributed by atoms with Crippen LogP contribution in [-0.4, -0.2) is 25.2 Å². The monoisotopic (exact) mass is 311 g/mol. The van der Waals surface area contributed by atoms with Gasteiger partial charge in [-0.1, -0.05) is 25.5 Å². The Morgan fingerprint density at radius 1 is 1.04 bits per heavy atom. The molecule has 0 atom stereocenters. The molecule has 0 bridgehead atoms. The van der Waals surface area contributed by atoms with E-state index < -0.39 is 0 Å². The maximum Gasteiger partial charge on any atom is 0.343 e. The molecule has 0 unspecified atom stereocenters. The zero-order chi connectivity index (χ0) is 16.1. The van der Waals surface area contributed by atoms with Gasteiger partial charge in [0.25, 0.3) is 0 Å². The molecule has 1 saturated heterocycles. The van der Waals surface area contributed by atoms with E-state index in [1.165, 1.54) is 5.56 Å². The first kappa shape index (κ1) is 15.6. The Morgan fingerprint density at radius 3 is 2.26 bits per heavy atom. The van der Waals surface area contributed by atoms with Crippen LogP contribution in [0.15, 0.2) is 48.5 Å². The SMILES string of the molecule is CCCc1ccc(OC(=O)c2ccc(OC3CNC3)cc2)cc1. The number of carbonyl (C=O) groups is 1. The lowest BCUT2D eigenvalue weighted by molar-refractivity contribution is 0.0734. The number of carbonyl (C=O) groups excluding carboxylic acids is 1. The molecule has 23 heavy (non-hydrogen) atoms. The number of benzene rings is 2. The maximum atomic E-state index is 12.2. The summed E-state index contributed by atoms with van der Waals surface area (Å²) in [5.41, 5.74) is 1.76. The average molecular weight is 311 g/mol. The molecule has 1 heterocycles. The molecular weight excluding hydrogens is 290 g/mol. The van der Waals surface area contributed by atoms with Gasteiger partial charge in [0.1, 0.15) is 17.6 Å². The van der Waals surface area contributed by atoms with Crippen LogP contribution >= 0.6 is 0 Å². The number of hydrogen-bond donors (Lipinski definition) is 1. The predicted molar refractivity (Wildman–Crippen MR) is 89.1 cm³/mol. The standard InChI is InChI=1S/C19H21NO3/c1-2-3-14-4-8-17(9-5-14)23-19(21)15-6-10-16(11-7-15)22-18-12-20-13-18/h4-11,18,20H,2-3,12-13H2,1H3. The summed E-state index contributed by atoms with van der Waals surface area (Å²) in [5.74, 6) is 0.984. The molecule has 0 radical (unpaired) electrons. The highest BCUT2D eigenvalue weighted by Crippen LogP contribution is 2.18. The van der Waals surface area contributed by atoms with Gasteiger partial charge in [0, 0.05) is 13.1 Å². The largest absolute Gasteiger partial charge is 0.488 e. The van der Waals surface area contributed by atoms with Crippen LogP contribution in [0.3, 0.4) is 0 Å². The summed E-state index contributed by atoms with van der Waals surface area (Å²) in [6.45, 7) is 3.89. The van der Waals surface area contributed by atoms with E-state index in [1.807, 2.05) is 24.3 Å². The van der Waals surface area contributed by atoms with Crippen molar-refractivity contribution in [3.05, 3.63) is 59.7 Å². The predicted octanol–water partition coefficient (Wildman–Crippen LogP) is 3.21. The third-order valence-electron chi connectivity index (χ3n) is 3.81. The first-order chi connectivity index (χ1) is 11.2. The molecule has 3 rings (SSSR count). The summed E-state index contributed by atoms with van der Waals surface area (Å²) in [6, 6.07) is 14.7. The summed E-state index contributed by atoms with van der Waals surface area (Å²) >= 11 is 0. The third kappa shape index (κ3) is 4.11. The molecule has 0 aliphatic carbocycles. The third-order valence-corrected chi connectivity index (χ3v) is 3.81. The van der Waals surface area contributed by atoms with Gasteiger partial charge in [-0.05, 0) is 48.4 Å². The fourth-order valence-corrected chi connectivity index (χ4v) is 2.39. The van der Waals surface area contributed by atoms with Crippen LogP contribution < -0.4 is 14.8 Å². The van der Waals surface area contributed by atoms with Crippen LogP contribution in [0.2, 0.25) is 0 Å². The van der Waals surface area contributed by atoms with Crippen molar-refractivity contribution in [2.75, 3.05) is 13.1 Å². The van der Waals surface area contributed by atoms with E-state index in [1.54, 1.807) is 24.3 Å². The molecule has 120 valence electrons. The second-order valence-electron chi connectivity index (χ2n) is 5.71. The Kier molecular flexibility index (Phi) is 4.93. The molecule has 0 aromatic heterocycles. The normalized spacial score (nSPS) is 14.1. The Labute approximate surface area is 136 Å². The van der Waals surface area contributed by atoms with Gasteiger partial charge in [0.15, 0.2) is 0 Å². The molecule has 1 aliphatic rings. The molecule has 4 nitrogen and oxygen atoms in total. The van der Waals surface area contributed by atoms with E-state index in [0.29, 0.717) is 11.3 Å². The molecular formula is C19H21NO3. The van der Waals surface area contributed by atoms with Crippen LogP contribution in [-0.2, 0) is 6.42 Å². The van der Waals surface area contributed by atoms with Crippen molar-refractivity contribution < 1.29 is 14.3 Å². The molecule has 1 N–H and O–H groups in total. The van der Waals surface area contributed by atoms with Gasteiger partial charge in [-0.2, -0.15) is 0 Å². The highest BCUT2D eigenvalue weighted by atomic mass is 16.5. The van der Waals surface area contributed by atoms with Gasteiger partial charge in [-0.3, -0.25) is 0 Å². The summed E-state index contributed by atoms with van der Waals surface area (Å²) in [6.07, 6.45) is 2.37. The van der Waals surface area contributed by atoms with Gasteiger partial charge in [-0.15, -0.1) is 0 Å². The minimum atomic E-state index is -0.356. The second kappa shape index (κ2) is 7.29. The molecule has 0 spiro atoms. The van der Waals surface area contributed by atoms with Gasteiger partial charge < -0.3 is 14.8 Å². The van der Waals surface area contributed by atoms with Gasteiger partial charge in [-0.25, -0.2) is 4.79 Å². The minimum absolute atomic E-state index is 0.231. The van der Waals surface area contributed by atoms with Crippen LogP contribution in [0, 0.1) is 0 Å². The average Bonchev–Trinajstić information content (AvgIpc) is 2.53. The molecule has 4 heteroatoms. The quantitative estimate of drug-likeness (QED) is 0.657. The van der Waals surface area contributed by atoms with Crippen LogP contribution in [0.4, 0.5) is 0 Å². The van der Waals surface area contributed by atoms with Crippen LogP contribution in [0.5, 0.6) is 11.5 Å². The first-order valence-electron chi connectivity index (χ1n) is 8.03. The Morgan fingerprint density at radius 2 is 1.70 bits per heavy atom. The number of esters is 1. The van der Waals surface area contributed by atoms with E-state index in [9.17, 15) is 4.79 Å². The minimum Gasteiger partial charge on any atom is -0.488 e. The lowest BCUT2D eigenvalue weighted by Crippen LogP contribution is -2.50. The fraction of sp³-hybridized carbons (Fsp3) is 0.316. The van der Waals surface area contributed by atoms with E-state index in [-0.39, 0.29) is 12.1 Å². The fourth-order valence-electron chi connectivity index (χ4n) is 2.39. The summed E-state index contributed by atoms with van der Waals surface area (Å²) in [5, 5.41) is 3.15. The second-order valence-corrected chi connectivity index (χ2v) is 5.71. The summed E-state index contributed by atoms with van der Waals surface area (Å²) < 4.78 is 11.1. The van der Waals surface area contributed by atoms with Crippen molar-refractivity contribution in [1.29, 1.82) is 0 Å². The molecule has 0 saturated carbocycles. The van der Waals surface area contributed by atoms with E-state index in [0.717, 1.165) is 31.7 Å². The number of aryl methyl sites for hydroxylation is 1. The van der Waals surface area contributed by atoms with Gasteiger partial charge in [0.2, 0.25) is 0 Å². The van der Waals surface area contributed by atoms with Crippen molar-refractivity contribution in [3.8, 4) is 11.5 Å². The Bertz CT molecular complexity index is 645. The molecule has 1 fully saturated rings. The number of nitrogens with one attached hydrogen (secondary N) is 1. The van der Waals surface area contributed by atoms with Crippen molar-refractivity contribution in [2.24, 2.45) is 0 Å². The Balaban J connectivity index is 1.58. The number of hydrogen-bond acceptors (Lipinski definition) is 4. The molecule has 2 aromatic carbocycles. The van der Waals surface area contributed by atoms with Crippen LogP contribution in [0.1, 0.15) is 29.3 Å². The lowest BCUT2D eigenvalue weighted by Gasteiger charge is -2.27. The topological polar surface area (TPSA) is 47.6 Å². The number of rotatable bonds is 6. The molecule has 1 aliphatic heterocycles. The molecule has 0 amide bonds. The van der Waals surface area contributed by atoms with Crippen molar-refractivity contribution in [3.63, 3.8) is 0 Å². The van der Waals surface area contributed by atoms with E-state index in [2.05, 4.69) is 12.2 Å².